The highest BCUT2D eigenvalue weighted by atomic mass is 16.5. The minimum atomic E-state index is -0.209. The fourth-order valence-electron chi connectivity index (χ4n) is 3.75. The monoisotopic (exact) mass is 397 g/mol. The molecule has 0 saturated heterocycles. The zero-order valence-corrected chi connectivity index (χ0v) is 17.9. The van der Waals surface area contributed by atoms with Crippen molar-refractivity contribution in [2.45, 2.75) is 66.2 Å². The standard InChI is InChI=1S/C21H27N5O3/c1-7-13-9-14(12(3)22-19(13)27-6)18-23-20(29-25-18)17-15-11-28-21(4,5)10-16(15)26(8-2)24-17/h9H,7-8,10-11H2,1-6H3. The van der Waals surface area contributed by atoms with Crippen LogP contribution in [0.15, 0.2) is 10.6 Å². The predicted molar refractivity (Wildman–Crippen MR) is 108 cm³/mol. The van der Waals surface area contributed by atoms with Crippen LogP contribution in [0.1, 0.15) is 50.2 Å². The molecular weight excluding hydrogens is 370 g/mol. The molecule has 0 radical (unpaired) electrons. The number of aryl methyl sites for hydroxylation is 3. The van der Waals surface area contributed by atoms with Gasteiger partial charge in [0.25, 0.3) is 5.89 Å². The third-order valence-electron chi connectivity index (χ3n) is 5.36. The molecule has 0 bridgehead atoms. The van der Waals surface area contributed by atoms with E-state index in [2.05, 4.69) is 42.8 Å². The average molecular weight is 397 g/mol. The quantitative estimate of drug-likeness (QED) is 0.648. The molecule has 0 spiro atoms. The number of methoxy groups -OCH3 is 1. The van der Waals surface area contributed by atoms with Gasteiger partial charge in [-0.2, -0.15) is 10.1 Å². The van der Waals surface area contributed by atoms with Crippen molar-refractivity contribution in [3.8, 4) is 28.9 Å². The van der Waals surface area contributed by atoms with Gasteiger partial charge in [-0.1, -0.05) is 12.1 Å². The highest BCUT2D eigenvalue weighted by molar-refractivity contribution is 5.63. The number of ether oxygens (including phenoxy) is 2. The van der Waals surface area contributed by atoms with Gasteiger partial charge in [0.1, 0.15) is 0 Å². The molecule has 0 saturated carbocycles. The second kappa shape index (κ2) is 7.26. The van der Waals surface area contributed by atoms with Gasteiger partial charge in [-0.25, -0.2) is 4.98 Å². The minimum absolute atomic E-state index is 0.209. The van der Waals surface area contributed by atoms with Crippen LogP contribution in [-0.4, -0.2) is 37.6 Å². The maximum atomic E-state index is 6.01. The summed E-state index contributed by atoms with van der Waals surface area (Å²) in [5.74, 6) is 1.53. The molecule has 8 nitrogen and oxygen atoms in total. The maximum absolute atomic E-state index is 6.01. The van der Waals surface area contributed by atoms with E-state index >= 15 is 0 Å². The van der Waals surface area contributed by atoms with Gasteiger partial charge in [0.2, 0.25) is 11.7 Å². The van der Waals surface area contributed by atoms with Crippen molar-refractivity contribution < 1.29 is 14.0 Å². The Labute approximate surface area is 170 Å². The Balaban J connectivity index is 1.76. The summed E-state index contributed by atoms with van der Waals surface area (Å²) < 4.78 is 19.0. The molecule has 0 aliphatic carbocycles. The lowest BCUT2D eigenvalue weighted by molar-refractivity contribution is -0.0414. The predicted octanol–water partition coefficient (Wildman–Crippen LogP) is 3.75. The van der Waals surface area contributed by atoms with E-state index in [0.29, 0.717) is 29.9 Å². The largest absolute Gasteiger partial charge is 0.481 e. The smallest absolute Gasteiger partial charge is 0.279 e. The van der Waals surface area contributed by atoms with Crippen LogP contribution in [0.25, 0.3) is 23.0 Å². The highest BCUT2D eigenvalue weighted by Gasteiger charge is 2.33. The van der Waals surface area contributed by atoms with Gasteiger partial charge in [-0.05, 0) is 40.2 Å². The first-order valence-corrected chi connectivity index (χ1v) is 9.98. The van der Waals surface area contributed by atoms with Crippen LogP contribution in [0.5, 0.6) is 5.88 Å². The lowest BCUT2D eigenvalue weighted by atomic mass is 9.96. The van der Waals surface area contributed by atoms with Gasteiger partial charge in [0.05, 0.1) is 25.0 Å². The van der Waals surface area contributed by atoms with Crippen LogP contribution in [0, 0.1) is 6.92 Å². The van der Waals surface area contributed by atoms with E-state index in [0.717, 1.165) is 41.8 Å². The minimum Gasteiger partial charge on any atom is -0.481 e. The Hall–Kier alpha value is -2.74. The number of nitrogens with zero attached hydrogens (tertiary/aromatic N) is 5. The molecule has 3 aromatic heterocycles. The zero-order valence-electron chi connectivity index (χ0n) is 17.9. The van der Waals surface area contributed by atoms with Crippen LogP contribution >= 0.6 is 0 Å². The van der Waals surface area contributed by atoms with E-state index in [1.165, 1.54) is 5.69 Å². The maximum Gasteiger partial charge on any atom is 0.279 e. The van der Waals surface area contributed by atoms with E-state index in [9.17, 15) is 0 Å². The molecule has 8 heteroatoms. The Morgan fingerprint density at radius 3 is 2.72 bits per heavy atom. The molecule has 0 aromatic carbocycles. The van der Waals surface area contributed by atoms with Crippen LogP contribution in [0.2, 0.25) is 0 Å². The first kappa shape index (κ1) is 19.6. The Morgan fingerprint density at radius 2 is 2.03 bits per heavy atom. The molecule has 0 amide bonds. The second-order valence-electron chi connectivity index (χ2n) is 7.88. The Bertz CT molecular complexity index is 1050. The molecule has 0 N–H and O–H groups in total. The summed E-state index contributed by atoms with van der Waals surface area (Å²) in [6, 6.07) is 2.02. The van der Waals surface area contributed by atoms with E-state index in [-0.39, 0.29) is 5.60 Å². The van der Waals surface area contributed by atoms with Gasteiger partial charge in [-0.3, -0.25) is 4.68 Å². The molecule has 1 aliphatic heterocycles. The van der Waals surface area contributed by atoms with Crippen LogP contribution in [0.3, 0.4) is 0 Å². The summed E-state index contributed by atoms with van der Waals surface area (Å²) in [6.45, 7) is 11.5. The molecule has 3 aromatic rings. The Kier molecular flexibility index (Phi) is 4.90. The van der Waals surface area contributed by atoms with Crippen LogP contribution in [0.4, 0.5) is 0 Å². The highest BCUT2D eigenvalue weighted by Crippen LogP contribution is 2.35. The SMILES string of the molecule is CCc1cc(-c2noc(-c3nn(CC)c4c3COC(C)(C)C4)n2)c(C)nc1OC. The van der Waals surface area contributed by atoms with Gasteiger partial charge >= 0.3 is 0 Å². The fraction of sp³-hybridized carbons (Fsp3) is 0.524. The summed E-state index contributed by atoms with van der Waals surface area (Å²) in [6.07, 6.45) is 1.60. The summed E-state index contributed by atoms with van der Waals surface area (Å²) >= 11 is 0. The summed E-state index contributed by atoms with van der Waals surface area (Å²) in [7, 11) is 1.63. The Morgan fingerprint density at radius 1 is 1.24 bits per heavy atom. The number of pyridine rings is 1. The molecule has 4 heterocycles. The molecule has 1 aliphatic rings. The van der Waals surface area contributed by atoms with Crippen molar-refractivity contribution in [1.82, 2.24) is 24.9 Å². The summed E-state index contributed by atoms with van der Waals surface area (Å²) in [5.41, 5.74) is 5.32. The van der Waals surface area contributed by atoms with Gasteiger partial charge < -0.3 is 14.0 Å². The van der Waals surface area contributed by atoms with Gasteiger partial charge in [-0.15, -0.1) is 0 Å². The molecule has 154 valence electrons. The number of fused-ring (bicyclic) bond motifs is 1. The van der Waals surface area contributed by atoms with E-state index in [4.69, 9.17) is 19.1 Å². The van der Waals surface area contributed by atoms with Crippen LogP contribution < -0.4 is 4.74 Å². The summed E-state index contributed by atoms with van der Waals surface area (Å²) in [5, 5.41) is 8.95. The lowest BCUT2D eigenvalue weighted by Crippen LogP contribution is -2.32. The van der Waals surface area contributed by atoms with Crippen molar-refractivity contribution in [3.63, 3.8) is 0 Å². The molecule has 29 heavy (non-hydrogen) atoms. The van der Waals surface area contributed by atoms with E-state index in [1.54, 1.807) is 7.11 Å². The fourth-order valence-corrected chi connectivity index (χ4v) is 3.75. The molecule has 0 fully saturated rings. The number of rotatable bonds is 5. The van der Waals surface area contributed by atoms with Crippen LogP contribution in [-0.2, 0) is 30.7 Å². The van der Waals surface area contributed by atoms with E-state index in [1.807, 2.05) is 17.7 Å². The topological polar surface area (TPSA) is 88.1 Å². The number of hydrogen-bond acceptors (Lipinski definition) is 7. The number of hydrogen-bond donors (Lipinski definition) is 0. The van der Waals surface area contributed by atoms with Crippen molar-refractivity contribution in [2.75, 3.05) is 7.11 Å². The first-order chi connectivity index (χ1) is 13.9. The third kappa shape index (κ3) is 3.42. The van der Waals surface area contributed by atoms with Crippen molar-refractivity contribution >= 4 is 0 Å². The first-order valence-electron chi connectivity index (χ1n) is 9.98. The lowest BCUT2D eigenvalue weighted by Gasteiger charge is -2.30. The molecular formula is C21H27N5O3. The summed E-state index contributed by atoms with van der Waals surface area (Å²) in [4.78, 5) is 9.19. The van der Waals surface area contributed by atoms with Crippen molar-refractivity contribution in [1.29, 1.82) is 0 Å². The van der Waals surface area contributed by atoms with Gasteiger partial charge in [0.15, 0.2) is 5.69 Å². The third-order valence-corrected chi connectivity index (χ3v) is 5.36. The zero-order chi connectivity index (χ0) is 20.8. The second-order valence-corrected chi connectivity index (χ2v) is 7.88. The van der Waals surface area contributed by atoms with Crippen molar-refractivity contribution in [3.05, 3.63) is 28.6 Å². The molecule has 0 atom stereocenters. The molecule has 4 rings (SSSR count). The average Bonchev–Trinajstić information content (AvgIpc) is 3.31. The van der Waals surface area contributed by atoms with Crippen molar-refractivity contribution in [2.24, 2.45) is 0 Å². The van der Waals surface area contributed by atoms with E-state index < -0.39 is 0 Å². The normalized spacial score (nSPS) is 15.4. The molecule has 0 unspecified atom stereocenters. The number of aromatic nitrogens is 5. The van der Waals surface area contributed by atoms with Gasteiger partial charge in [0, 0.05) is 35.3 Å².